The van der Waals surface area contributed by atoms with Gasteiger partial charge in [-0.05, 0) is 43.0 Å². The minimum absolute atomic E-state index is 0.0663. The number of nitrogens with zero attached hydrogens (tertiary/aromatic N) is 4. The second-order valence-corrected chi connectivity index (χ2v) is 7.93. The molecule has 0 radical (unpaired) electrons. The van der Waals surface area contributed by atoms with Crippen LogP contribution in [0.3, 0.4) is 0 Å². The number of benzene rings is 1. The second kappa shape index (κ2) is 8.84. The van der Waals surface area contributed by atoms with Crippen LogP contribution in [-0.2, 0) is 11.3 Å². The van der Waals surface area contributed by atoms with Crippen molar-refractivity contribution in [1.29, 1.82) is 0 Å². The summed E-state index contributed by atoms with van der Waals surface area (Å²) in [6.07, 6.45) is 4.69. The van der Waals surface area contributed by atoms with Crippen molar-refractivity contribution in [2.45, 2.75) is 23.8 Å². The minimum Gasteiger partial charge on any atom is -0.383 e. The Morgan fingerprint density at radius 2 is 2.24 bits per heavy atom. The van der Waals surface area contributed by atoms with Crippen molar-refractivity contribution >= 4 is 34.6 Å². The molecule has 3 aromatic rings. The molecule has 1 aliphatic rings. The highest BCUT2D eigenvalue weighted by atomic mass is 32.2. The molecule has 1 N–H and O–H groups in total. The van der Waals surface area contributed by atoms with Gasteiger partial charge in [0, 0.05) is 49.4 Å². The van der Waals surface area contributed by atoms with E-state index in [9.17, 15) is 4.79 Å². The first-order valence-corrected chi connectivity index (χ1v) is 10.9. The summed E-state index contributed by atoms with van der Waals surface area (Å²) in [5.74, 6) is 1.17. The number of anilines is 1. The number of hydrogen-bond acceptors (Lipinski definition) is 5. The molecule has 8 heteroatoms. The fourth-order valence-electron chi connectivity index (χ4n) is 3.75. The summed E-state index contributed by atoms with van der Waals surface area (Å²) in [5.41, 5.74) is 2.58. The first-order valence-electron chi connectivity index (χ1n) is 9.69. The van der Waals surface area contributed by atoms with Crippen LogP contribution in [0.2, 0.25) is 0 Å². The SMILES string of the molecule is COCCn1c([C@@H]2CCN(C(=O)Nc3cccc(SC)c3)C2)nc2cccnc21. The van der Waals surface area contributed by atoms with E-state index in [-0.39, 0.29) is 11.9 Å². The van der Waals surface area contributed by atoms with E-state index in [1.165, 1.54) is 0 Å². The van der Waals surface area contributed by atoms with Gasteiger partial charge in [0.25, 0.3) is 0 Å². The molecular weight excluding hydrogens is 386 g/mol. The number of urea groups is 1. The lowest BCUT2D eigenvalue weighted by molar-refractivity contribution is 0.186. The molecule has 0 saturated carbocycles. The molecule has 152 valence electrons. The number of aromatic nitrogens is 3. The molecule has 2 aromatic heterocycles. The number of imidazole rings is 1. The molecule has 1 atom stereocenters. The summed E-state index contributed by atoms with van der Waals surface area (Å²) in [6.45, 7) is 2.64. The van der Waals surface area contributed by atoms with Gasteiger partial charge in [-0.3, -0.25) is 0 Å². The molecule has 1 aliphatic heterocycles. The molecule has 1 saturated heterocycles. The van der Waals surface area contributed by atoms with Gasteiger partial charge in [0.1, 0.15) is 11.3 Å². The minimum atomic E-state index is -0.0663. The molecule has 1 aromatic carbocycles. The Kier molecular flexibility index (Phi) is 6.01. The largest absolute Gasteiger partial charge is 0.383 e. The topological polar surface area (TPSA) is 72.3 Å². The molecule has 2 amide bonds. The summed E-state index contributed by atoms with van der Waals surface area (Å²) in [4.78, 5) is 25.1. The van der Waals surface area contributed by atoms with Crippen molar-refractivity contribution < 1.29 is 9.53 Å². The number of amides is 2. The number of thioether (sulfide) groups is 1. The molecule has 0 unspecified atom stereocenters. The number of fused-ring (bicyclic) bond motifs is 1. The van der Waals surface area contributed by atoms with Gasteiger partial charge in [-0.25, -0.2) is 14.8 Å². The Balaban J connectivity index is 1.50. The highest BCUT2D eigenvalue weighted by Gasteiger charge is 2.31. The molecule has 7 nitrogen and oxygen atoms in total. The van der Waals surface area contributed by atoms with Crippen molar-refractivity contribution in [3.8, 4) is 0 Å². The van der Waals surface area contributed by atoms with Crippen molar-refractivity contribution in [3.63, 3.8) is 0 Å². The lowest BCUT2D eigenvalue weighted by Gasteiger charge is -2.18. The van der Waals surface area contributed by atoms with Gasteiger partial charge in [0.2, 0.25) is 0 Å². The van der Waals surface area contributed by atoms with Gasteiger partial charge in [0.15, 0.2) is 5.65 Å². The molecular formula is C21H25N5O2S. The Hall–Kier alpha value is -2.58. The van der Waals surface area contributed by atoms with Crippen LogP contribution in [-0.4, -0.2) is 58.5 Å². The Bertz CT molecular complexity index is 1010. The predicted octanol–water partition coefficient (Wildman–Crippen LogP) is 3.82. The maximum atomic E-state index is 12.8. The smallest absolute Gasteiger partial charge is 0.321 e. The molecule has 0 spiro atoms. The number of pyridine rings is 1. The number of carbonyl (C=O) groups is 1. The van der Waals surface area contributed by atoms with Crippen molar-refractivity contribution in [3.05, 3.63) is 48.4 Å². The molecule has 0 bridgehead atoms. The third-order valence-electron chi connectivity index (χ3n) is 5.21. The standard InChI is InChI=1S/C21H25N5O2S/c1-28-12-11-26-19(24-18-7-4-9-22-20(18)26)15-8-10-25(14-15)21(27)23-16-5-3-6-17(13-16)29-2/h3-7,9,13,15H,8,10-12,14H2,1-2H3,(H,23,27)/t15-/m1/s1. The third-order valence-corrected chi connectivity index (χ3v) is 5.94. The molecule has 29 heavy (non-hydrogen) atoms. The van der Waals surface area contributed by atoms with Crippen LogP contribution < -0.4 is 5.32 Å². The fourth-order valence-corrected chi connectivity index (χ4v) is 4.21. The first kappa shape index (κ1) is 19.7. The highest BCUT2D eigenvalue weighted by Crippen LogP contribution is 2.29. The van der Waals surface area contributed by atoms with Crippen LogP contribution in [0.4, 0.5) is 10.5 Å². The number of carbonyl (C=O) groups excluding carboxylic acids is 1. The number of methoxy groups -OCH3 is 1. The maximum absolute atomic E-state index is 12.8. The lowest BCUT2D eigenvalue weighted by atomic mass is 10.1. The zero-order valence-corrected chi connectivity index (χ0v) is 17.5. The van der Waals surface area contributed by atoms with Gasteiger partial charge in [-0.2, -0.15) is 0 Å². The Labute approximate surface area is 174 Å². The molecule has 3 heterocycles. The summed E-state index contributed by atoms with van der Waals surface area (Å²) in [7, 11) is 1.69. The number of rotatable bonds is 6. The van der Waals surface area contributed by atoms with E-state index in [0.717, 1.165) is 34.0 Å². The van der Waals surface area contributed by atoms with Crippen LogP contribution in [0.25, 0.3) is 11.2 Å². The average Bonchev–Trinajstić information content (AvgIpc) is 3.37. The zero-order chi connectivity index (χ0) is 20.2. The number of likely N-dealkylation sites (tertiary alicyclic amines) is 1. The summed E-state index contributed by atoms with van der Waals surface area (Å²) in [6, 6.07) is 11.7. The van der Waals surface area contributed by atoms with Gasteiger partial charge in [-0.15, -0.1) is 11.8 Å². The van der Waals surface area contributed by atoms with E-state index in [1.54, 1.807) is 25.1 Å². The summed E-state index contributed by atoms with van der Waals surface area (Å²) in [5, 5.41) is 3.02. The first-order chi connectivity index (χ1) is 14.2. The van der Waals surface area contributed by atoms with Crippen LogP contribution in [0, 0.1) is 0 Å². The van der Waals surface area contributed by atoms with Gasteiger partial charge in [0.05, 0.1) is 6.61 Å². The van der Waals surface area contributed by atoms with E-state index in [2.05, 4.69) is 14.9 Å². The quantitative estimate of drug-likeness (QED) is 0.624. The van der Waals surface area contributed by atoms with Crippen molar-refractivity contribution in [2.24, 2.45) is 0 Å². The fraction of sp³-hybridized carbons (Fsp3) is 0.381. The van der Waals surface area contributed by atoms with E-state index < -0.39 is 0 Å². The van der Waals surface area contributed by atoms with Crippen molar-refractivity contribution in [2.75, 3.05) is 38.4 Å². The van der Waals surface area contributed by atoms with Crippen LogP contribution in [0.15, 0.2) is 47.5 Å². The summed E-state index contributed by atoms with van der Waals surface area (Å²) >= 11 is 1.66. The molecule has 4 rings (SSSR count). The molecule has 1 fully saturated rings. The van der Waals surface area contributed by atoms with E-state index in [4.69, 9.17) is 9.72 Å². The van der Waals surface area contributed by atoms with Crippen LogP contribution in [0.5, 0.6) is 0 Å². The number of nitrogens with one attached hydrogen (secondary N) is 1. The Morgan fingerprint density at radius 1 is 1.34 bits per heavy atom. The summed E-state index contributed by atoms with van der Waals surface area (Å²) < 4.78 is 7.41. The number of hydrogen-bond donors (Lipinski definition) is 1. The van der Waals surface area contributed by atoms with E-state index >= 15 is 0 Å². The number of ether oxygens (including phenoxy) is 1. The van der Waals surface area contributed by atoms with Gasteiger partial charge in [-0.1, -0.05) is 6.07 Å². The predicted molar refractivity (Wildman–Crippen MR) is 116 cm³/mol. The highest BCUT2D eigenvalue weighted by molar-refractivity contribution is 7.98. The lowest BCUT2D eigenvalue weighted by Crippen LogP contribution is -2.33. The molecule has 0 aliphatic carbocycles. The second-order valence-electron chi connectivity index (χ2n) is 7.05. The van der Waals surface area contributed by atoms with Gasteiger partial charge >= 0.3 is 6.03 Å². The third kappa shape index (κ3) is 4.23. The normalized spacial score (nSPS) is 16.5. The Morgan fingerprint density at radius 3 is 3.07 bits per heavy atom. The van der Waals surface area contributed by atoms with E-state index in [1.807, 2.05) is 47.6 Å². The monoisotopic (exact) mass is 411 g/mol. The maximum Gasteiger partial charge on any atom is 0.321 e. The average molecular weight is 412 g/mol. The van der Waals surface area contributed by atoms with Crippen molar-refractivity contribution in [1.82, 2.24) is 19.4 Å². The van der Waals surface area contributed by atoms with Gasteiger partial charge < -0.3 is 19.5 Å². The zero-order valence-electron chi connectivity index (χ0n) is 16.7. The van der Waals surface area contributed by atoms with Crippen LogP contribution in [0.1, 0.15) is 18.2 Å². The van der Waals surface area contributed by atoms with Crippen LogP contribution >= 0.6 is 11.8 Å². The van der Waals surface area contributed by atoms with E-state index in [0.29, 0.717) is 26.2 Å².